The standard InChI is InChI=1S/C14H20N2O3/c1-11-4-6-13(7-5-11)10-16(12(2)17)9-8-15-14(18)19-3/h4-7H,8-10H2,1-3H3,(H,15,18). The SMILES string of the molecule is COC(=O)NCCN(Cc1ccc(C)cc1)C(C)=O. The molecule has 0 fully saturated rings. The van der Waals surface area contributed by atoms with E-state index in [1.165, 1.54) is 19.6 Å². The highest BCUT2D eigenvalue weighted by Crippen LogP contribution is 2.07. The predicted molar refractivity (Wildman–Crippen MR) is 72.7 cm³/mol. The molecule has 1 N–H and O–H groups in total. The van der Waals surface area contributed by atoms with Gasteiger partial charge in [0.1, 0.15) is 0 Å². The maximum atomic E-state index is 11.5. The van der Waals surface area contributed by atoms with Crippen LogP contribution in [0.2, 0.25) is 0 Å². The van der Waals surface area contributed by atoms with E-state index in [0.717, 1.165) is 5.56 Å². The summed E-state index contributed by atoms with van der Waals surface area (Å²) in [4.78, 5) is 24.1. The molecule has 104 valence electrons. The van der Waals surface area contributed by atoms with E-state index in [-0.39, 0.29) is 5.91 Å². The van der Waals surface area contributed by atoms with Gasteiger partial charge in [-0.05, 0) is 12.5 Å². The minimum atomic E-state index is -0.487. The molecule has 0 atom stereocenters. The molecule has 5 nitrogen and oxygen atoms in total. The average molecular weight is 264 g/mol. The van der Waals surface area contributed by atoms with Crippen molar-refractivity contribution in [3.05, 3.63) is 35.4 Å². The second-order valence-electron chi connectivity index (χ2n) is 4.34. The van der Waals surface area contributed by atoms with Crippen molar-refractivity contribution in [1.29, 1.82) is 0 Å². The lowest BCUT2D eigenvalue weighted by Gasteiger charge is -2.21. The Morgan fingerprint density at radius 3 is 2.42 bits per heavy atom. The van der Waals surface area contributed by atoms with Gasteiger partial charge in [-0.3, -0.25) is 4.79 Å². The third-order valence-electron chi connectivity index (χ3n) is 2.78. The Labute approximate surface area is 113 Å². The van der Waals surface area contributed by atoms with Crippen LogP contribution in [0.25, 0.3) is 0 Å². The molecule has 1 rings (SSSR count). The van der Waals surface area contributed by atoms with Crippen molar-refractivity contribution >= 4 is 12.0 Å². The highest BCUT2D eigenvalue weighted by Gasteiger charge is 2.09. The number of aryl methyl sites for hydroxylation is 1. The topological polar surface area (TPSA) is 58.6 Å². The zero-order chi connectivity index (χ0) is 14.3. The van der Waals surface area contributed by atoms with Gasteiger partial charge in [0.2, 0.25) is 5.91 Å². The number of hydrogen-bond donors (Lipinski definition) is 1. The number of ether oxygens (including phenoxy) is 1. The molecule has 1 aromatic rings. The molecule has 2 amide bonds. The monoisotopic (exact) mass is 264 g/mol. The van der Waals surface area contributed by atoms with Crippen LogP contribution in [-0.4, -0.2) is 37.1 Å². The number of methoxy groups -OCH3 is 1. The average Bonchev–Trinajstić information content (AvgIpc) is 2.39. The number of benzene rings is 1. The van der Waals surface area contributed by atoms with Crippen LogP contribution in [-0.2, 0) is 16.1 Å². The number of rotatable bonds is 5. The van der Waals surface area contributed by atoms with E-state index < -0.39 is 6.09 Å². The van der Waals surface area contributed by atoms with Gasteiger partial charge in [-0.1, -0.05) is 29.8 Å². The van der Waals surface area contributed by atoms with Crippen molar-refractivity contribution in [3.8, 4) is 0 Å². The molecule has 0 aromatic heterocycles. The fourth-order valence-electron chi connectivity index (χ4n) is 1.63. The van der Waals surface area contributed by atoms with E-state index in [0.29, 0.717) is 19.6 Å². The van der Waals surface area contributed by atoms with Gasteiger partial charge in [0, 0.05) is 26.6 Å². The number of nitrogens with one attached hydrogen (secondary N) is 1. The van der Waals surface area contributed by atoms with Crippen molar-refractivity contribution in [1.82, 2.24) is 10.2 Å². The number of alkyl carbamates (subject to hydrolysis) is 1. The minimum Gasteiger partial charge on any atom is -0.453 e. The zero-order valence-corrected chi connectivity index (χ0v) is 11.6. The molecule has 5 heteroatoms. The lowest BCUT2D eigenvalue weighted by Crippen LogP contribution is -2.37. The third kappa shape index (κ3) is 5.42. The largest absolute Gasteiger partial charge is 0.453 e. The molecular formula is C14H20N2O3. The number of carbonyl (C=O) groups excluding carboxylic acids is 2. The van der Waals surface area contributed by atoms with Gasteiger partial charge in [0.05, 0.1) is 7.11 Å². The van der Waals surface area contributed by atoms with Gasteiger partial charge < -0.3 is 15.0 Å². The highest BCUT2D eigenvalue weighted by molar-refractivity contribution is 5.73. The van der Waals surface area contributed by atoms with Gasteiger partial charge in [0.25, 0.3) is 0 Å². The molecule has 19 heavy (non-hydrogen) atoms. The first-order valence-electron chi connectivity index (χ1n) is 6.16. The van der Waals surface area contributed by atoms with E-state index in [4.69, 9.17) is 0 Å². The van der Waals surface area contributed by atoms with E-state index >= 15 is 0 Å². The molecule has 0 bridgehead atoms. The van der Waals surface area contributed by atoms with Crippen LogP contribution in [0.4, 0.5) is 4.79 Å². The Bertz CT molecular complexity index is 429. The van der Waals surface area contributed by atoms with Crippen molar-refractivity contribution in [2.45, 2.75) is 20.4 Å². The van der Waals surface area contributed by atoms with Gasteiger partial charge in [-0.15, -0.1) is 0 Å². The maximum Gasteiger partial charge on any atom is 0.406 e. The number of carbonyl (C=O) groups is 2. The first-order valence-corrected chi connectivity index (χ1v) is 6.16. The Morgan fingerprint density at radius 1 is 1.26 bits per heavy atom. The van der Waals surface area contributed by atoms with Crippen molar-refractivity contribution in [2.75, 3.05) is 20.2 Å². The van der Waals surface area contributed by atoms with Gasteiger partial charge in [-0.25, -0.2) is 4.79 Å². The first-order chi connectivity index (χ1) is 9.02. The molecule has 1 aromatic carbocycles. The number of hydrogen-bond acceptors (Lipinski definition) is 3. The van der Waals surface area contributed by atoms with Gasteiger partial charge >= 0.3 is 6.09 Å². The summed E-state index contributed by atoms with van der Waals surface area (Å²) in [6.07, 6.45) is -0.487. The maximum absolute atomic E-state index is 11.5. The van der Waals surface area contributed by atoms with E-state index in [1.54, 1.807) is 4.90 Å². The lowest BCUT2D eigenvalue weighted by molar-refractivity contribution is -0.129. The minimum absolute atomic E-state index is 0.0211. The second-order valence-corrected chi connectivity index (χ2v) is 4.34. The summed E-state index contributed by atoms with van der Waals surface area (Å²) in [6, 6.07) is 8.03. The summed E-state index contributed by atoms with van der Waals surface area (Å²) in [7, 11) is 1.31. The molecule has 0 unspecified atom stereocenters. The van der Waals surface area contributed by atoms with Crippen LogP contribution >= 0.6 is 0 Å². The molecule has 0 aliphatic carbocycles. The van der Waals surface area contributed by atoms with Crippen molar-refractivity contribution < 1.29 is 14.3 Å². The van der Waals surface area contributed by atoms with Crippen LogP contribution in [0, 0.1) is 6.92 Å². The molecular weight excluding hydrogens is 244 g/mol. The van der Waals surface area contributed by atoms with Gasteiger partial charge in [0.15, 0.2) is 0 Å². The first kappa shape index (κ1) is 15.0. The molecule has 0 aliphatic heterocycles. The Kier molecular flexibility index (Phi) is 5.85. The van der Waals surface area contributed by atoms with Gasteiger partial charge in [-0.2, -0.15) is 0 Å². The Morgan fingerprint density at radius 2 is 1.89 bits per heavy atom. The fraction of sp³-hybridized carbons (Fsp3) is 0.429. The summed E-state index contributed by atoms with van der Waals surface area (Å²) in [5, 5.41) is 2.56. The molecule has 0 aliphatic rings. The van der Waals surface area contributed by atoms with Crippen LogP contribution in [0.1, 0.15) is 18.1 Å². The fourth-order valence-corrected chi connectivity index (χ4v) is 1.63. The number of amides is 2. The lowest BCUT2D eigenvalue weighted by atomic mass is 10.1. The van der Waals surface area contributed by atoms with Crippen LogP contribution < -0.4 is 5.32 Å². The highest BCUT2D eigenvalue weighted by atomic mass is 16.5. The van der Waals surface area contributed by atoms with E-state index in [1.807, 2.05) is 31.2 Å². The normalized spacial score (nSPS) is 9.84. The van der Waals surface area contributed by atoms with E-state index in [9.17, 15) is 9.59 Å². The Hall–Kier alpha value is -2.04. The zero-order valence-electron chi connectivity index (χ0n) is 11.6. The Balaban J connectivity index is 2.51. The predicted octanol–water partition coefficient (Wildman–Crippen LogP) is 1.70. The third-order valence-corrected chi connectivity index (χ3v) is 2.78. The summed E-state index contributed by atoms with van der Waals surface area (Å²) in [5.74, 6) is -0.0211. The van der Waals surface area contributed by atoms with Crippen LogP contribution in [0.3, 0.4) is 0 Å². The second kappa shape index (κ2) is 7.41. The summed E-state index contributed by atoms with van der Waals surface area (Å²) < 4.78 is 4.47. The van der Waals surface area contributed by atoms with Crippen LogP contribution in [0.5, 0.6) is 0 Å². The molecule has 0 saturated heterocycles. The summed E-state index contributed by atoms with van der Waals surface area (Å²) in [6.45, 7) is 4.91. The summed E-state index contributed by atoms with van der Waals surface area (Å²) >= 11 is 0. The summed E-state index contributed by atoms with van der Waals surface area (Å²) in [5.41, 5.74) is 2.25. The van der Waals surface area contributed by atoms with Crippen molar-refractivity contribution in [2.24, 2.45) is 0 Å². The smallest absolute Gasteiger partial charge is 0.406 e. The van der Waals surface area contributed by atoms with E-state index in [2.05, 4.69) is 10.1 Å². The molecule has 0 radical (unpaired) electrons. The number of nitrogens with zero attached hydrogens (tertiary/aromatic N) is 1. The molecule has 0 saturated carbocycles. The molecule has 0 spiro atoms. The van der Waals surface area contributed by atoms with Crippen molar-refractivity contribution in [3.63, 3.8) is 0 Å². The quantitative estimate of drug-likeness (QED) is 0.880. The molecule has 0 heterocycles. The van der Waals surface area contributed by atoms with Crippen LogP contribution in [0.15, 0.2) is 24.3 Å².